The molecule has 0 aliphatic carbocycles. The number of hydrogen-bond acceptors (Lipinski definition) is 4. The van der Waals surface area contributed by atoms with Crippen LogP contribution in [0.3, 0.4) is 0 Å². The average Bonchev–Trinajstić information content (AvgIpc) is 2.38. The van der Waals surface area contributed by atoms with Crippen molar-refractivity contribution in [3.63, 3.8) is 0 Å². The maximum atomic E-state index is 5.89. The molecule has 1 heterocycles. The van der Waals surface area contributed by atoms with Crippen molar-refractivity contribution in [2.45, 2.75) is 20.3 Å². The van der Waals surface area contributed by atoms with Crippen molar-refractivity contribution < 1.29 is 14.2 Å². The molecule has 1 saturated heterocycles. The lowest BCUT2D eigenvalue weighted by atomic mass is 9.79. The van der Waals surface area contributed by atoms with E-state index in [1.54, 1.807) is 14.2 Å². The standard InChI is InChI=1S/C15H23NO3/c1-10-11(2)14(18-4)12(5-13(10)17-3)6-15(7-16)8-19-9-15/h5H,6-9,16H2,1-4H3. The highest BCUT2D eigenvalue weighted by atomic mass is 16.5. The predicted molar refractivity (Wildman–Crippen MR) is 75.0 cm³/mol. The van der Waals surface area contributed by atoms with Crippen LogP contribution < -0.4 is 15.2 Å². The molecule has 2 N–H and O–H groups in total. The summed E-state index contributed by atoms with van der Waals surface area (Å²) < 4.78 is 16.4. The van der Waals surface area contributed by atoms with Gasteiger partial charge in [0.25, 0.3) is 0 Å². The highest BCUT2D eigenvalue weighted by Gasteiger charge is 2.38. The van der Waals surface area contributed by atoms with Crippen molar-refractivity contribution in [2.75, 3.05) is 34.0 Å². The molecule has 1 aliphatic heterocycles. The fraction of sp³-hybridized carbons (Fsp3) is 0.600. The van der Waals surface area contributed by atoms with Gasteiger partial charge in [0, 0.05) is 12.0 Å². The zero-order valence-corrected chi connectivity index (χ0v) is 12.2. The minimum Gasteiger partial charge on any atom is -0.496 e. The van der Waals surface area contributed by atoms with Gasteiger partial charge < -0.3 is 19.9 Å². The van der Waals surface area contributed by atoms with Gasteiger partial charge in [0.1, 0.15) is 11.5 Å². The highest BCUT2D eigenvalue weighted by molar-refractivity contribution is 5.53. The first-order chi connectivity index (χ1) is 9.06. The van der Waals surface area contributed by atoms with Crippen molar-refractivity contribution in [1.82, 2.24) is 0 Å². The van der Waals surface area contributed by atoms with E-state index in [0.29, 0.717) is 6.54 Å². The third-order valence-electron chi connectivity index (χ3n) is 4.11. The molecule has 0 radical (unpaired) electrons. The zero-order valence-electron chi connectivity index (χ0n) is 12.2. The number of hydrogen-bond donors (Lipinski definition) is 1. The zero-order chi connectivity index (χ0) is 14.0. The van der Waals surface area contributed by atoms with Crippen LogP contribution >= 0.6 is 0 Å². The van der Waals surface area contributed by atoms with Crippen molar-refractivity contribution in [1.29, 1.82) is 0 Å². The topological polar surface area (TPSA) is 53.7 Å². The molecular weight excluding hydrogens is 242 g/mol. The van der Waals surface area contributed by atoms with Gasteiger partial charge in [-0.3, -0.25) is 0 Å². The highest BCUT2D eigenvalue weighted by Crippen LogP contribution is 2.39. The first-order valence-corrected chi connectivity index (χ1v) is 6.56. The van der Waals surface area contributed by atoms with Gasteiger partial charge >= 0.3 is 0 Å². The van der Waals surface area contributed by atoms with Crippen LogP contribution in [0.25, 0.3) is 0 Å². The monoisotopic (exact) mass is 265 g/mol. The van der Waals surface area contributed by atoms with E-state index in [2.05, 4.69) is 13.0 Å². The quantitative estimate of drug-likeness (QED) is 0.882. The summed E-state index contributed by atoms with van der Waals surface area (Å²) in [7, 11) is 3.41. The van der Waals surface area contributed by atoms with Gasteiger partial charge in [0.15, 0.2) is 0 Å². The van der Waals surface area contributed by atoms with E-state index in [4.69, 9.17) is 19.9 Å². The van der Waals surface area contributed by atoms with Gasteiger partial charge in [-0.15, -0.1) is 0 Å². The summed E-state index contributed by atoms with van der Waals surface area (Å²) in [5.41, 5.74) is 9.35. The molecule has 0 amide bonds. The van der Waals surface area contributed by atoms with E-state index in [-0.39, 0.29) is 5.41 Å². The molecule has 0 aromatic heterocycles. The lowest BCUT2D eigenvalue weighted by Crippen LogP contribution is -2.49. The average molecular weight is 265 g/mol. The smallest absolute Gasteiger partial charge is 0.125 e. The number of ether oxygens (including phenoxy) is 3. The molecule has 1 aromatic rings. The summed E-state index contributed by atoms with van der Waals surface area (Å²) in [5, 5.41) is 0. The second-order valence-corrected chi connectivity index (χ2v) is 5.39. The molecule has 0 atom stereocenters. The summed E-state index contributed by atoms with van der Waals surface area (Å²) >= 11 is 0. The van der Waals surface area contributed by atoms with Gasteiger partial charge in [0.05, 0.1) is 27.4 Å². The Morgan fingerprint density at radius 3 is 2.32 bits per heavy atom. The summed E-state index contributed by atoms with van der Waals surface area (Å²) in [6, 6.07) is 2.07. The van der Waals surface area contributed by atoms with Crippen LogP contribution in [0.4, 0.5) is 0 Å². The summed E-state index contributed by atoms with van der Waals surface area (Å²) in [6.45, 7) is 6.19. The van der Waals surface area contributed by atoms with Crippen LogP contribution in [0.15, 0.2) is 6.07 Å². The second-order valence-electron chi connectivity index (χ2n) is 5.39. The molecule has 0 unspecified atom stereocenters. The van der Waals surface area contributed by atoms with Crippen LogP contribution in [0.2, 0.25) is 0 Å². The fourth-order valence-electron chi connectivity index (χ4n) is 2.64. The molecule has 4 nitrogen and oxygen atoms in total. The van der Waals surface area contributed by atoms with Crippen LogP contribution in [-0.4, -0.2) is 34.0 Å². The Bertz CT molecular complexity index is 461. The van der Waals surface area contributed by atoms with E-state index in [0.717, 1.165) is 47.8 Å². The molecule has 1 fully saturated rings. The van der Waals surface area contributed by atoms with E-state index in [1.807, 2.05) is 6.92 Å². The third-order valence-corrected chi connectivity index (χ3v) is 4.11. The van der Waals surface area contributed by atoms with Crippen LogP contribution in [0, 0.1) is 19.3 Å². The Morgan fingerprint density at radius 2 is 1.89 bits per heavy atom. The first-order valence-electron chi connectivity index (χ1n) is 6.56. The molecular formula is C15H23NO3. The molecule has 1 aromatic carbocycles. The van der Waals surface area contributed by atoms with Crippen molar-refractivity contribution >= 4 is 0 Å². The molecule has 0 bridgehead atoms. The van der Waals surface area contributed by atoms with Gasteiger partial charge in [-0.25, -0.2) is 0 Å². The Labute approximate surface area is 114 Å². The normalized spacial score (nSPS) is 16.9. The summed E-state index contributed by atoms with van der Waals surface area (Å²) in [5.74, 6) is 1.85. The summed E-state index contributed by atoms with van der Waals surface area (Å²) in [4.78, 5) is 0. The van der Waals surface area contributed by atoms with Crippen molar-refractivity contribution in [3.8, 4) is 11.5 Å². The number of benzene rings is 1. The SMILES string of the molecule is COc1cc(CC2(CN)COC2)c(OC)c(C)c1C. The largest absolute Gasteiger partial charge is 0.496 e. The first kappa shape index (κ1) is 14.2. The Hall–Kier alpha value is -1.26. The van der Waals surface area contributed by atoms with Gasteiger partial charge in [-0.05, 0) is 43.0 Å². The minimum absolute atomic E-state index is 0.0555. The van der Waals surface area contributed by atoms with E-state index in [1.165, 1.54) is 0 Å². The van der Waals surface area contributed by atoms with E-state index >= 15 is 0 Å². The van der Waals surface area contributed by atoms with E-state index in [9.17, 15) is 0 Å². The molecule has 4 heteroatoms. The van der Waals surface area contributed by atoms with Gasteiger partial charge in [0.2, 0.25) is 0 Å². The molecule has 2 rings (SSSR count). The third kappa shape index (κ3) is 2.42. The fourth-order valence-corrected chi connectivity index (χ4v) is 2.64. The van der Waals surface area contributed by atoms with Crippen molar-refractivity contribution in [3.05, 3.63) is 22.8 Å². The van der Waals surface area contributed by atoms with Crippen LogP contribution in [0.1, 0.15) is 16.7 Å². The maximum absolute atomic E-state index is 5.89. The molecule has 0 saturated carbocycles. The molecule has 1 aliphatic rings. The minimum atomic E-state index is 0.0555. The number of rotatable bonds is 5. The lowest BCUT2D eigenvalue weighted by Gasteiger charge is -2.41. The van der Waals surface area contributed by atoms with Gasteiger partial charge in [-0.1, -0.05) is 0 Å². The summed E-state index contributed by atoms with van der Waals surface area (Å²) in [6.07, 6.45) is 0.865. The maximum Gasteiger partial charge on any atom is 0.125 e. The van der Waals surface area contributed by atoms with Crippen molar-refractivity contribution in [2.24, 2.45) is 11.1 Å². The number of nitrogens with two attached hydrogens (primary N) is 1. The lowest BCUT2D eigenvalue weighted by molar-refractivity contribution is -0.106. The second kappa shape index (κ2) is 5.39. The molecule has 19 heavy (non-hydrogen) atoms. The van der Waals surface area contributed by atoms with Gasteiger partial charge in [-0.2, -0.15) is 0 Å². The predicted octanol–water partition coefficient (Wildman–Crippen LogP) is 1.84. The Kier molecular flexibility index (Phi) is 4.02. The van der Waals surface area contributed by atoms with Crippen LogP contribution in [-0.2, 0) is 11.2 Å². The molecule has 106 valence electrons. The van der Waals surface area contributed by atoms with E-state index < -0.39 is 0 Å². The Balaban J connectivity index is 2.40. The molecule has 0 spiro atoms. The Morgan fingerprint density at radius 1 is 1.21 bits per heavy atom. The van der Waals surface area contributed by atoms with Crippen LogP contribution in [0.5, 0.6) is 11.5 Å². The number of methoxy groups -OCH3 is 2.